The van der Waals surface area contributed by atoms with Crippen LogP contribution in [0.1, 0.15) is 13.8 Å². The number of pyridine rings is 1. The van der Waals surface area contributed by atoms with E-state index in [0.717, 1.165) is 0 Å². The second kappa shape index (κ2) is 6.73. The molecular formula is C14H15Cl2N3O2S. The second-order valence-electron chi connectivity index (χ2n) is 4.91. The van der Waals surface area contributed by atoms with Crippen LogP contribution < -0.4 is 10.0 Å². The molecule has 0 saturated heterocycles. The van der Waals surface area contributed by atoms with E-state index in [2.05, 4.69) is 15.0 Å². The Kier molecular flexibility index (Phi) is 5.16. The van der Waals surface area contributed by atoms with Gasteiger partial charge < -0.3 is 5.32 Å². The third-order valence-corrected chi connectivity index (χ3v) is 4.77. The first kappa shape index (κ1) is 16.9. The number of benzene rings is 1. The maximum absolute atomic E-state index is 12.3. The summed E-state index contributed by atoms with van der Waals surface area (Å²) >= 11 is 11.6. The van der Waals surface area contributed by atoms with Crippen molar-refractivity contribution in [1.29, 1.82) is 0 Å². The van der Waals surface area contributed by atoms with Gasteiger partial charge in [0, 0.05) is 6.04 Å². The van der Waals surface area contributed by atoms with Crippen LogP contribution in [0, 0.1) is 0 Å². The van der Waals surface area contributed by atoms with Crippen molar-refractivity contribution in [2.24, 2.45) is 0 Å². The fourth-order valence-electron chi connectivity index (χ4n) is 1.69. The summed E-state index contributed by atoms with van der Waals surface area (Å²) in [4.78, 5) is 4.18. The fourth-order valence-corrected chi connectivity index (χ4v) is 3.13. The minimum atomic E-state index is -3.74. The monoisotopic (exact) mass is 359 g/mol. The Morgan fingerprint density at radius 2 is 1.82 bits per heavy atom. The van der Waals surface area contributed by atoms with Gasteiger partial charge in [0.2, 0.25) is 0 Å². The summed E-state index contributed by atoms with van der Waals surface area (Å²) in [6.45, 7) is 3.98. The van der Waals surface area contributed by atoms with Crippen LogP contribution in [0.25, 0.3) is 0 Å². The van der Waals surface area contributed by atoms with Gasteiger partial charge in [0.1, 0.15) is 5.82 Å². The zero-order valence-corrected chi connectivity index (χ0v) is 14.3. The molecule has 0 fully saturated rings. The number of anilines is 2. The topological polar surface area (TPSA) is 71.1 Å². The molecule has 0 saturated carbocycles. The van der Waals surface area contributed by atoms with E-state index in [9.17, 15) is 8.42 Å². The van der Waals surface area contributed by atoms with Crippen molar-refractivity contribution in [3.8, 4) is 0 Å². The summed E-state index contributed by atoms with van der Waals surface area (Å²) in [5.74, 6) is 0.674. The molecule has 0 aliphatic heterocycles. The first-order valence-corrected chi connectivity index (χ1v) is 8.72. The zero-order valence-electron chi connectivity index (χ0n) is 12.0. The van der Waals surface area contributed by atoms with Crippen molar-refractivity contribution in [2.45, 2.75) is 24.8 Å². The van der Waals surface area contributed by atoms with Crippen LogP contribution in [0.3, 0.4) is 0 Å². The molecule has 118 valence electrons. The number of halogens is 2. The number of aromatic nitrogens is 1. The molecule has 0 unspecified atom stereocenters. The summed E-state index contributed by atoms with van der Waals surface area (Å²) < 4.78 is 27.0. The Hall–Kier alpha value is -1.50. The van der Waals surface area contributed by atoms with E-state index >= 15 is 0 Å². The van der Waals surface area contributed by atoms with Gasteiger partial charge in [0.25, 0.3) is 10.0 Å². The van der Waals surface area contributed by atoms with E-state index in [-0.39, 0.29) is 16.0 Å². The number of rotatable bonds is 5. The molecule has 0 spiro atoms. The van der Waals surface area contributed by atoms with E-state index in [0.29, 0.717) is 16.5 Å². The maximum atomic E-state index is 12.3. The highest BCUT2D eigenvalue weighted by molar-refractivity contribution is 7.92. The number of nitrogens with one attached hydrogen (secondary N) is 2. The lowest BCUT2D eigenvalue weighted by Gasteiger charge is -2.11. The Labute approximate surface area is 139 Å². The van der Waals surface area contributed by atoms with Gasteiger partial charge in [-0.3, -0.25) is 4.72 Å². The van der Waals surface area contributed by atoms with Crippen molar-refractivity contribution in [3.05, 3.63) is 46.6 Å². The van der Waals surface area contributed by atoms with E-state index in [4.69, 9.17) is 23.2 Å². The lowest BCUT2D eigenvalue weighted by atomic mass is 10.3. The van der Waals surface area contributed by atoms with E-state index in [1.54, 1.807) is 12.1 Å². The third-order valence-electron chi connectivity index (χ3n) is 2.65. The second-order valence-corrected chi connectivity index (χ2v) is 7.41. The highest BCUT2D eigenvalue weighted by Gasteiger charge is 2.15. The summed E-state index contributed by atoms with van der Waals surface area (Å²) in [5, 5.41) is 3.60. The SMILES string of the molecule is CC(C)Nc1ccc(NS(=O)(=O)c2ccc(Cl)c(Cl)c2)cn1. The quantitative estimate of drug-likeness (QED) is 0.845. The van der Waals surface area contributed by atoms with Gasteiger partial charge in [0.05, 0.1) is 26.8 Å². The standard InChI is InChI=1S/C14H15Cl2N3O2S/c1-9(2)18-14-6-3-10(8-17-14)19-22(20,21)11-4-5-12(15)13(16)7-11/h3-9,19H,1-2H3,(H,17,18). The largest absolute Gasteiger partial charge is 0.368 e. The summed E-state index contributed by atoms with van der Waals surface area (Å²) in [5.41, 5.74) is 0.361. The molecule has 5 nitrogen and oxygen atoms in total. The van der Waals surface area contributed by atoms with Gasteiger partial charge >= 0.3 is 0 Å². The minimum absolute atomic E-state index is 0.0336. The highest BCUT2D eigenvalue weighted by Crippen LogP contribution is 2.26. The van der Waals surface area contributed by atoms with Crippen LogP contribution in [0.15, 0.2) is 41.4 Å². The average molecular weight is 360 g/mol. The van der Waals surface area contributed by atoms with E-state index in [1.807, 2.05) is 13.8 Å². The van der Waals surface area contributed by atoms with Gasteiger partial charge in [-0.05, 0) is 44.2 Å². The molecule has 0 aliphatic rings. The number of nitrogens with zero attached hydrogens (tertiary/aromatic N) is 1. The van der Waals surface area contributed by atoms with Crippen molar-refractivity contribution < 1.29 is 8.42 Å². The number of hydrogen-bond donors (Lipinski definition) is 2. The normalized spacial score (nSPS) is 11.5. The van der Waals surface area contributed by atoms with Gasteiger partial charge in [-0.15, -0.1) is 0 Å². The molecule has 0 aliphatic carbocycles. The molecular weight excluding hydrogens is 345 g/mol. The Bertz CT molecular complexity index is 762. The zero-order chi connectivity index (χ0) is 16.3. The molecule has 1 aromatic heterocycles. The lowest BCUT2D eigenvalue weighted by molar-refractivity contribution is 0.601. The summed E-state index contributed by atoms with van der Waals surface area (Å²) in [7, 11) is -3.74. The highest BCUT2D eigenvalue weighted by atomic mass is 35.5. The number of sulfonamides is 1. The average Bonchev–Trinajstić information content (AvgIpc) is 2.43. The third kappa shape index (κ3) is 4.25. The molecule has 0 atom stereocenters. The number of hydrogen-bond acceptors (Lipinski definition) is 4. The van der Waals surface area contributed by atoms with Gasteiger partial charge in [0.15, 0.2) is 0 Å². The molecule has 2 aromatic rings. The Morgan fingerprint density at radius 1 is 1.09 bits per heavy atom. The van der Waals surface area contributed by atoms with Crippen molar-refractivity contribution in [3.63, 3.8) is 0 Å². The van der Waals surface area contributed by atoms with Crippen molar-refractivity contribution in [2.75, 3.05) is 10.0 Å². The molecule has 1 heterocycles. The van der Waals surface area contributed by atoms with E-state index in [1.165, 1.54) is 24.4 Å². The first-order valence-electron chi connectivity index (χ1n) is 6.48. The molecule has 0 bridgehead atoms. The van der Waals surface area contributed by atoms with Crippen LogP contribution in [-0.4, -0.2) is 19.4 Å². The maximum Gasteiger partial charge on any atom is 0.261 e. The summed E-state index contributed by atoms with van der Waals surface area (Å²) in [6.07, 6.45) is 1.44. The molecule has 1 aromatic carbocycles. The van der Waals surface area contributed by atoms with Crippen LogP contribution in [0.5, 0.6) is 0 Å². The molecule has 8 heteroatoms. The molecule has 22 heavy (non-hydrogen) atoms. The fraction of sp³-hybridized carbons (Fsp3) is 0.214. The van der Waals surface area contributed by atoms with Gasteiger partial charge in [-0.2, -0.15) is 0 Å². The van der Waals surface area contributed by atoms with Crippen molar-refractivity contribution in [1.82, 2.24) is 4.98 Å². The molecule has 0 radical (unpaired) electrons. The molecule has 2 rings (SSSR count). The van der Waals surface area contributed by atoms with Crippen LogP contribution in [0.2, 0.25) is 10.0 Å². The molecule has 0 amide bonds. The first-order chi connectivity index (χ1) is 10.3. The minimum Gasteiger partial charge on any atom is -0.368 e. The Morgan fingerprint density at radius 3 is 2.36 bits per heavy atom. The lowest BCUT2D eigenvalue weighted by Crippen LogP contribution is -2.14. The van der Waals surface area contributed by atoms with E-state index < -0.39 is 10.0 Å². The molecule has 2 N–H and O–H groups in total. The Balaban J connectivity index is 2.19. The predicted molar refractivity (Wildman–Crippen MR) is 90.3 cm³/mol. The smallest absolute Gasteiger partial charge is 0.261 e. The van der Waals surface area contributed by atoms with Crippen LogP contribution >= 0.6 is 23.2 Å². The van der Waals surface area contributed by atoms with Crippen LogP contribution in [0.4, 0.5) is 11.5 Å². The van der Waals surface area contributed by atoms with Gasteiger partial charge in [-0.25, -0.2) is 13.4 Å². The summed E-state index contributed by atoms with van der Waals surface area (Å²) in [6, 6.07) is 7.70. The van der Waals surface area contributed by atoms with Gasteiger partial charge in [-0.1, -0.05) is 23.2 Å². The predicted octanol–water partition coefficient (Wildman–Crippen LogP) is 4.01. The van der Waals surface area contributed by atoms with Crippen LogP contribution in [-0.2, 0) is 10.0 Å². The van der Waals surface area contributed by atoms with Crippen molar-refractivity contribution >= 4 is 44.7 Å².